The molecule has 2 rings (SSSR count). The van der Waals surface area contributed by atoms with Gasteiger partial charge in [0.05, 0.1) is 31.0 Å². The van der Waals surface area contributed by atoms with Crippen LogP contribution in [0.4, 0.5) is 5.69 Å². The lowest BCUT2D eigenvalue weighted by atomic mass is 10.1. The summed E-state index contributed by atoms with van der Waals surface area (Å²) in [6, 6.07) is 11.7. The van der Waals surface area contributed by atoms with Crippen molar-refractivity contribution in [1.29, 1.82) is 0 Å². The van der Waals surface area contributed by atoms with Gasteiger partial charge in [-0.1, -0.05) is 12.1 Å². The van der Waals surface area contributed by atoms with Crippen molar-refractivity contribution in [1.82, 2.24) is 5.32 Å². The van der Waals surface area contributed by atoms with E-state index in [-0.39, 0.29) is 11.8 Å². The molecule has 0 aliphatic rings. The molecule has 2 N–H and O–H groups in total. The summed E-state index contributed by atoms with van der Waals surface area (Å²) in [7, 11) is 4.55. The molecule has 6 nitrogen and oxygen atoms in total. The van der Waals surface area contributed by atoms with Crippen LogP contribution in [0.1, 0.15) is 20.7 Å². The van der Waals surface area contributed by atoms with Crippen LogP contribution in [0.15, 0.2) is 42.5 Å². The second-order valence-electron chi connectivity index (χ2n) is 4.65. The van der Waals surface area contributed by atoms with Gasteiger partial charge in [0.25, 0.3) is 11.8 Å². The smallest absolute Gasteiger partial charge is 0.259 e. The minimum absolute atomic E-state index is 0.275. The molecule has 0 fully saturated rings. The third kappa shape index (κ3) is 3.60. The normalized spacial score (nSPS) is 9.87. The van der Waals surface area contributed by atoms with Crippen molar-refractivity contribution < 1.29 is 19.1 Å². The zero-order valence-corrected chi connectivity index (χ0v) is 13.2. The van der Waals surface area contributed by atoms with Crippen molar-refractivity contribution in [2.75, 3.05) is 26.6 Å². The molecule has 0 heterocycles. The second kappa shape index (κ2) is 7.31. The number of carbonyl (C=O) groups excluding carboxylic acids is 2. The lowest BCUT2D eigenvalue weighted by molar-refractivity contribution is 0.0964. The van der Waals surface area contributed by atoms with E-state index in [9.17, 15) is 9.59 Å². The van der Waals surface area contributed by atoms with E-state index >= 15 is 0 Å². The van der Waals surface area contributed by atoms with Gasteiger partial charge in [0.15, 0.2) is 0 Å². The van der Waals surface area contributed by atoms with Crippen LogP contribution in [0.5, 0.6) is 11.5 Å². The predicted octanol–water partition coefficient (Wildman–Crippen LogP) is 2.32. The van der Waals surface area contributed by atoms with Crippen molar-refractivity contribution >= 4 is 17.5 Å². The number of hydrogen-bond donors (Lipinski definition) is 2. The van der Waals surface area contributed by atoms with E-state index in [4.69, 9.17) is 9.47 Å². The van der Waals surface area contributed by atoms with E-state index in [1.54, 1.807) is 42.5 Å². The van der Waals surface area contributed by atoms with Crippen LogP contribution in [0.25, 0.3) is 0 Å². The molecule has 0 spiro atoms. The summed E-state index contributed by atoms with van der Waals surface area (Å²) in [4.78, 5) is 24.3. The number of para-hydroxylation sites is 1. The summed E-state index contributed by atoms with van der Waals surface area (Å²) in [5, 5.41) is 5.27. The highest BCUT2D eigenvalue weighted by Crippen LogP contribution is 2.26. The lowest BCUT2D eigenvalue weighted by Gasteiger charge is -2.13. The molecule has 120 valence electrons. The molecule has 6 heteroatoms. The molecular weight excluding hydrogens is 296 g/mol. The number of nitrogens with one attached hydrogen (secondary N) is 2. The van der Waals surface area contributed by atoms with Gasteiger partial charge in [0, 0.05) is 13.1 Å². The molecule has 0 unspecified atom stereocenters. The number of carbonyl (C=O) groups is 2. The molecule has 0 radical (unpaired) electrons. The second-order valence-corrected chi connectivity index (χ2v) is 4.65. The number of rotatable bonds is 5. The van der Waals surface area contributed by atoms with E-state index in [0.717, 1.165) is 0 Å². The van der Waals surface area contributed by atoms with Crippen LogP contribution in [-0.4, -0.2) is 33.1 Å². The van der Waals surface area contributed by atoms with E-state index in [0.29, 0.717) is 28.3 Å². The first-order valence-corrected chi connectivity index (χ1v) is 6.95. The lowest BCUT2D eigenvalue weighted by Crippen LogP contribution is -2.21. The van der Waals surface area contributed by atoms with Crippen LogP contribution in [-0.2, 0) is 0 Å². The molecule has 2 aromatic rings. The van der Waals surface area contributed by atoms with Crippen LogP contribution >= 0.6 is 0 Å². The van der Waals surface area contributed by atoms with Crippen LogP contribution in [0.2, 0.25) is 0 Å². The molecule has 0 atom stereocenters. The standard InChI is InChI=1S/C17H18N2O4/c1-18-16(20)12-6-4-5-7-14(12)19-17(21)13-9-8-11(22-2)10-15(13)23-3/h4-10H,1-3H3,(H,18,20)(H,19,21). The molecule has 0 saturated heterocycles. The Morgan fingerprint density at radius 1 is 0.913 bits per heavy atom. The molecular formula is C17H18N2O4. The SMILES string of the molecule is CNC(=O)c1ccccc1NC(=O)c1ccc(OC)cc1OC. The van der Waals surface area contributed by atoms with E-state index < -0.39 is 0 Å². The molecule has 23 heavy (non-hydrogen) atoms. The first-order chi connectivity index (χ1) is 11.1. The summed E-state index contributed by atoms with van der Waals surface area (Å²) in [5.41, 5.74) is 1.16. The summed E-state index contributed by atoms with van der Waals surface area (Å²) >= 11 is 0. The van der Waals surface area contributed by atoms with Gasteiger partial charge in [-0.3, -0.25) is 9.59 Å². The number of amides is 2. The van der Waals surface area contributed by atoms with Gasteiger partial charge in [-0.2, -0.15) is 0 Å². The van der Waals surface area contributed by atoms with Crippen LogP contribution in [0.3, 0.4) is 0 Å². The zero-order chi connectivity index (χ0) is 16.8. The highest BCUT2D eigenvalue weighted by molar-refractivity contribution is 6.10. The molecule has 0 aliphatic heterocycles. The predicted molar refractivity (Wildman–Crippen MR) is 87.3 cm³/mol. The maximum absolute atomic E-state index is 12.5. The molecule has 2 amide bonds. The van der Waals surface area contributed by atoms with Gasteiger partial charge < -0.3 is 20.1 Å². The van der Waals surface area contributed by atoms with Gasteiger partial charge >= 0.3 is 0 Å². The number of anilines is 1. The quantitative estimate of drug-likeness (QED) is 0.888. The Morgan fingerprint density at radius 2 is 1.65 bits per heavy atom. The van der Waals surface area contributed by atoms with E-state index in [1.807, 2.05) is 0 Å². The average Bonchev–Trinajstić information content (AvgIpc) is 2.60. The summed E-state index contributed by atoms with van der Waals surface area (Å²) in [6.45, 7) is 0. The molecule has 0 bridgehead atoms. The Bertz CT molecular complexity index is 728. The fraction of sp³-hybridized carbons (Fsp3) is 0.176. The summed E-state index contributed by atoms with van der Waals surface area (Å²) in [6.07, 6.45) is 0. The third-order valence-electron chi connectivity index (χ3n) is 3.30. The van der Waals surface area contributed by atoms with E-state index in [1.165, 1.54) is 21.3 Å². The van der Waals surface area contributed by atoms with Crippen LogP contribution < -0.4 is 20.1 Å². The fourth-order valence-corrected chi connectivity index (χ4v) is 2.10. The summed E-state index contributed by atoms with van der Waals surface area (Å²) in [5.74, 6) is 0.326. The van der Waals surface area contributed by atoms with Crippen molar-refractivity contribution in [2.24, 2.45) is 0 Å². The van der Waals surface area contributed by atoms with E-state index in [2.05, 4.69) is 10.6 Å². The highest BCUT2D eigenvalue weighted by atomic mass is 16.5. The topological polar surface area (TPSA) is 76.7 Å². The molecule has 0 aromatic heterocycles. The maximum atomic E-state index is 12.5. The molecule has 0 aliphatic carbocycles. The zero-order valence-electron chi connectivity index (χ0n) is 13.2. The van der Waals surface area contributed by atoms with Crippen molar-refractivity contribution in [3.05, 3.63) is 53.6 Å². The minimum atomic E-state index is -0.374. The van der Waals surface area contributed by atoms with Gasteiger partial charge in [0.1, 0.15) is 11.5 Å². The monoisotopic (exact) mass is 314 g/mol. The summed E-state index contributed by atoms with van der Waals surface area (Å²) < 4.78 is 10.3. The Labute approximate surface area is 134 Å². The number of hydrogen-bond acceptors (Lipinski definition) is 4. The van der Waals surface area contributed by atoms with Crippen molar-refractivity contribution in [3.8, 4) is 11.5 Å². The van der Waals surface area contributed by atoms with Gasteiger partial charge in [-0.25, -0.2) is 0 Å². The minimum Gasteiger partial charge on any atom is -0.497 e. The number of benzene rings is 2. The third-order valence-corrected chi connectivity index (χ3v) is 3.30. The van der Waals surface area contributed by atoms with Gasteiger partial charge in [-0.15, -0.1) is 0 Å². The fourth-order valence-electron chi connectivity index (χ4n) is 2.10. The van der Waals surface area contributed by atoms with Crippen LogP contribution in [0, 0.1) is 0 Å². The average molecular weight is 314 g/mol. The maximum Gasteiger partial charge on any atom is 0.259 e. The Balaban J connectivity index is 2.32. The largest absolute Gasteiger partial charge is 0.497 e. The van der Waals surface area contributed by atoms with Crippen molar-refractivity contribution in [3.63, 3.8) is 0 Å². The highest BCUT2D eigenvalue weighted by Gasteiger charge is 2.16. The van der Waals surface area contributed by atoms with Gasteiger partial charge in [-0.05, 0) is 24.3 Å². The molecule has 0 saturated carbocycles. The first kappa shape index (κ1) is 16.4. The van der Waals surface area contributed by atoms with Gasteiger partial charge in [0.2, 0.25) is 0 Å². The Kier molecular flexibility index (Phi) is 5.19. The number of methoxy groups -OCH3 is 2. The Morgan fingerprint density at radius 3 is 2.30 bits per heavy atom. The van der Waals surface area contributed by atoms with Crippen molar-refractivity contribution in [2.45, 2.75) is 0 Å². The molecule has 2 aromatic carbocycles. The Hall–Kier alpha value is -3.02. The number of ether oxygens (including phenoxy) is 2. The first-order valence-electron chi connectivity index (χ1n) is 6.95.